The van der Waals surface area contributed by atoms with E-state index < -0.39 is 24.3 Å². The zero-order valence-corrected chi connectivity index (χ0v) is 25.1. The number of benzene rings is 3. The second-order valence-electron chi connectivity index (χ2n) is 10.3. The maximum atomic E-state index is 12.8. The number of hydrogen-bond acceptors (Lipinski definition) is 8. The second-order valence-corrected chi connectivity index (χ2v) is 11.4. The van der Waals surface area contributed by atoms with Gasteiger partial charge in [-0.15, -0.1) is 11.8 Å². The minimum Gasteiger partial charge on any atom is -0.467 e. The van der Waals surface area contributed by atoms with E-state index in [9.17, 15) is 14.7 Å². The van der Waals surface area contributed by atoms with E-state index in [2.05, 4.69) is 15.6 Å². The molecule has 1 aliphatic heterocycles. The summed E-state index contributed by atoms with van der Waals surface area (Å²) >= 11 is 1.63. The summed E-state index contributed by atoms with van der Waals surface area (Å²) in [4.78, 5) is 29.5. The molecule has 0 saturated carbocycles. The fourth-order valence-electron chi connectivity index (χ4n) is 4.87. The first-order chi connectivity index (χ1) is 21.5. The van der Waals surface area contributed by atoms with Crippen molar-refractivity contribution in [2.75, 3.05) is 18.2 Å². The Morgan fingerprint density at radius 1 is 0.932 bits per heavy atom. The number of nitrogens with zero attached hydrogens (tertiary/aromatic N) is 1. The average Bonchev–Trinajstić information content (AvgIpc) is 3.08. The van der Waals surface area contributed by atoms with Crippen molar-refractivity contribution in [3.8, 4) is 0 Å². The van der Waals surface area contributed by atoms with Gasteiger partial charge in [0.2, 0.25) is 0 Å². The molecule has 0 radical (unpaired) electrons. The van der Waals surface area contributed by atoms with E-state index in [-0.39, 0.29) is 18.8 Å². The standard InChI is InChI=1S/C34H35N3O6S/c1-41-32(39)29(19-23-7-3-2-4-8-23)37-34(40)36-27-16-14-26(15-17-27)33-42-28(22-44-31-9-5-6-18-35-31)20-30(43-33)25-12-10-24(21-38)11-13-25/h2-18,28-30,33,38H,19-22H2,1H3,(H2,36,37,40). The summed E-state index contributed by atoms with van der Waals surface area (Å²) in [5.41, 5.74) is 4.10. The lowest BCUT2D eigenvalue weighted by molar-refractivity contribution is -0.245. The molecule has 4 unspecified atom stereocenters. The van der Waals surface area contributed by atoms with E-state index in [0.717, 1.165) is 27.3 Å². The van der Waals surface area contributed by atoms with Crippen LogP contribution >= 0.6 is 11.8 Å². The Kier molecular flexibility index (Phi) is 11.0. The number of carbonyl (C=O) groups excluding carboxylic acids is 2. The molecule has 4 atom stereocenters. The number of aliphatic hydroxyl groups is 1. The normalized spacial score (nSPS) is 18.6. The number of nitrogens with one attached hydrogen (secondary N) is 2. The number of aromatic nitrogens is 1. The number of aliphatic hydroxyl groups excluding tert-OH is 1. The summed E-state index contributed by atoms with van der Waals surface area (Å²) in [6.07, 6.45) is 1.80. The van der Waals surface area contributed by atoms with Gasteiger partial charge in [0.1, 0.15) is 6.04 Å². The van der Waals surface area contributed by atoms with Crippen LogP contribution in [0.4, 0.5) is 10.5 Å². The largest absolute Gasteiger partial charge is 0.467 e. The number of rotatable bonds is 11. The topological polar surface area (TPSA) is 119 Å². The Labute approximate surface area is 261 Å². The van der Waals surface area contributed by atoms with E-state index >= 15 is 0 Å². The molecule has 1 fully saturated rings. The second kappa shape index (κ2) is 15.5. The highest BCUT2D eigenvalue weighted by molar-refractivity contribution is 7.99. The molecule has 5 rings (SSSR count). The molecule has 0 aliphatic carbocycles. The van der Waals surface area contributed by atoms with Crippen LogP contribution in [0, 0.1) is 0 Å². The molecule has 2 heterocycles. The number of thioether (sulfide) groups is 1. The van der Waals surface area contributed by atoms with Crippen molar-refractivity contribution in [3.63, 3.8) is 0 Å². The lowest BCUT2D eigenvalue weighted by Gasteiger charge is -2.36. The Bertz CT molecular complexity index is 1490. The number of hydrogen-bond donors (Lipinski definition) is 3. The molecule has 1 saturated heterocycles. The van der Waals surface area contributed by atoms with Crippen molar-refractivity contribution < 1.29 is 28.9 Å². The SMILES string of the molecule is COC(=O)C(Cc1ccccc1)NC(=O)Nc1ccc(C2OC(CSc3ccccn3)CC(c3ccc(CO)cc3)O2)cc1. The molecule has 0 bridgehead atoms. The van der Waals surface area contributed by atoms with Crippen LogP contribution in [0.5, 0.6) is 0 Å². The van der Waals surface area contributed by atoms with Crippen molar-refractivity contribution in [1.82, 2.24) is 10.3 Å². The number of amides is 2. The first-order valence-electron chi connectivity index (χ1n) is 14.3. The van der Waals surface area contributed by atoms with Gasteiger partial charge in [-0.3, -0.25) is 0 Å². The van der Waals surface area contributed by atoms with Gasteiger partial charge >= 0.3 is 12.0 Å². The highest BCUT2D eigenvalue weighted by atomic mass is 32.2. The Hall–Kier alpha value is -4.22. The molecule has 0 spiro atoms. The molecule has 9 nitrogen and oxygen atoms in total. The van der Waals surface area contributed by atoms with Gasteiger partial charge in [-0.25, -0.2) is 14.6 Å². The number of urea groups is 1. The predicted octanol–water partition coefficient (Wildman–Crippen LogP) is 5.82. The molecule has 44 heavy (non-hydrogen) atoms. The maximum absolute atomic E-state index is 12.8. The molecule has 228 valence electrons. The lowest BCUT2D eigenvalue weighted by atomic mass is 10.0. The quantitative estimate of drug-likeness (QED) is 0.143. The summed E-state index contributed by atoms with van der Waals surface area (Å²) in [6.45, 7) is -0.0182. The van der Waals surface area contributed by atoms with E-state index in [1.165, 1.54) is 7.11 Å². The third-order valence-electron chi connectivity index (χ3n) is 7.18. The van der Waals surface area contributed by atoms with Crippen LogP contribution in [0.1, 0.15) is 41.1 Å². The summed E-state index contributed by atoms with van der Waals surface area (Å²) in [5.74, 6) is 0.175. The van der Waals surface area contributed by atoms with Gasteiger partial charge in [-0.1, -0.05) is 72.8 Å². The van der Waals surface area contributed by atoms with Gasteiger partial charge in [0.05, 0.1) is 31.0 Å². The van der Waals surface area contributed by atoms with Crippen LogP contribution in [0.15, 0.2) is 108 Å². The number of anilines is 1. The first-order valence-corrected chi connectivity index (χ1v) is 15.3. The highest BCUT2D eigenvalue weighted by Gasteiger charge is 2.32. The number of methoxy groups -OCH3 is 1. The molecule has 3 N–H and O–H groups in total. The van der Waals surface area contributed by atoms with E-state index in [1.807, 2.05) is 84.9 Å². The third kappa shape index (κ3) is 8.67. The minimum atomic E-state index is -0.838. The van der Waals surface area contributed by atoms with Crippen LogP contribution in [0.3, 0.4) is 0 Å². The summed E-state index contributed by atoms with van der Waals surface area (Å²) < 4.78 is 17.7. The number of carbonyl (C=O) groups is 2. The molecule has 4 aromatic rings. The summed E-state index contributed by atoms with van der Waals surface area (Å²) in [7, 11) is 1.30. The first kappa shape index (κ1) is 31.2. The maximum Gasteiger partial charge on any atom is 0.328 e. The van der Waals surface area contributed by atoms with Crippen LogP contribution in [0.2, 0.25) is 0 Å². The third-order valence-corrected chi connectivity index (χ3v) is 8.26. The predicted molar refractivity (Wildman–Crippen MR) is 168 cm³/mol. The van der Waals surface area contributed by atoms with Crippen molar-refractivity contribution in [3.05, 3.63) is 126 Å². The van der Waals surface area contributed by atoms with Crippen LogP contribution in [-0.2, 0) is 32.0 Å². The molecular formula is C34H35N3O6S. The monoisotopic (exact) mass is 613 g/mol. The van der Waals surface area contributed by atoms with Crippen molar-refractivity contribution in [2.24, 2.45) is 0 Å². The molecule has 1 aliphatic rings. The fraction of sp³-hybridized carbons (Fsp3) is 0.265. The van der Waals surface area contributed by atoms with Crippen LogP contribution in [0.25, 0.3) is 0 Å². The zero-order chi connectivity index (χ0) is 30.7. The van der Waals surface area contributed by atoms with Crippen molar-refractivity contribution in [2.45, 2.75) is 49.0 Å². The summed E-state index contributed by atoms with van der Waals surface area (Å²) in [6, 6.07) is 28.9. The van der Waals surface area contributed by atoms with Crippen LogP contribution in [-0.4, -0.2) is 47.1 Å². The zero-order valence-electron chi connectivity index (χ0n) is 24.3. The Morgan fingerprint density at radius 3 is 2.34 bits per heavy atom. The van der Waals surface area contributed by atoms with Gasteiger partial charge in [0.25, 0.3) is 0 Å². The molecule has 1 aromatic heterocycles. The number of esters is 1. The molecule has 2 amide bonds. The average molecular weight is 614 g/mol. The highest BCUT2D eigenvalue weighted by Crippen LogP contribution is 2.39. The Balaban J connectivity index is 1.25. The Morgan fingerprint density at radius 2 is 1.66 bits per heavy atom. The fourth-order valence-corrected chi connectivity index (χ4v) is 5.75. The van der Waals surface area contributed by atoms with Gasteiger partial charge in [0, 0.05) is 36.0 Å². The van der Waals surface area contributed by atoms with Gasteiger partial charge < -0.3 is 30.0 Å². The lowest BCUT2D eigenvalue weighted by Crippen LogP contribution is -2.45. The van der Waals surface area contributed by atoms with Gasteiger partial charge in [-0.2, -0.15) is 0 Å². The van der Waals surface area contributed by atoms with Crippen LogP contribution < -0.4 is 10.6 Å². The van der Waals surface area contributed by atoms with Gasteiger partial charge in [0.15, 0.2) is 6.29 Å². The van der Waals surface area contributed by atoms with E-state index in [4.69, 9.17) is 14.2 Å². The van der Waals surface area contributed by atoms with Gasteiger partial charge in [-0.05, 0) is 41.0 Å². The number of pyridine rings is 1. The molecule has 10 heteroatoms. The van der Waals surface area contributed by atoms with Crippen molar-refractivity contribution in [1.29, 1.82) is 0 Å². The number of ether oxygens (including phenoxy) is 3. The van der Waals surface area contributed by atoms with Crippen molar-refractivity contribution >= 4 is 29.4 Å². The molecular weight excluding hydrogens is 578 g/mol. The summed E-state index contributed by atoms with van der Waals surface area (Å²) in [5, 5.41) is 15.9. The molecule has 3 aromatic carbocycles. The van der Waals surface area contributed by atoms with E-state index in [0.29, 0.717) is 24.3 Å². The van der Waals surface area contributed by atoms with E-state index in [1.54, 1.807) is 30.1 Å². The minimum absolute atomic E-state index is 0.0182. The smallest absolute Gasteiger partial charge is 0.328 e.